The molecule has 9 nitrogen and oxygen atoms in total. The molecule has 0 atom stereocenters. The minimum Gasteiger partial charge on any atom is -0.484 e. The molecule has 0 aliphatic rings. The van der Waals surface area contributed by atoms with Gasteiger partial charge in [-0.1, -0.05) is 25.6 Å². The summed E-state index contributed by atoms with van der Waals surface area (Å²) < 4.78 is 25.1. The van der Waals surface area contributed by atoms with Crippen LogP contribution in [-0.4, -0.2) is 64.3 Å². The predicted molar refractivity (Wildman–Crippen MR) is 122 cm³/mol. The second kappa shape index (κ2) is 11.6. The summed E-state index contributed by atoms with van der Waals surface area (Å²) in [6.45, 7) is 5.96. The Hall–Kier alpha value is -2.92. The first kappa shape index (κ1) is 23.7. The van der Waals surface area contributed by atoms with Gasteiger partial charge in [0.2, 0.25) is 0 Å². The van der Waals surface area contributed by atoms with Crippen molar-refractivity contribution in [2.45, 2.75) is 30.8 Å². The molecule has 3 rings (SSSR count). The number of halogens is 1. The van der Waals surface area contributed by atoms with E-state index in [1.165, 1.54) is 24.3 Å². The maximum Gasteiger partial charge on any atom is 0.258 e. The van der Waals surface area contributed by atoms with Crippen LogP contribution in [0.15, 0.2) is 35.6 Å². The van der Waals surface area contributed by atoms with Crippen LogP contribution in [0.3, 0.4) is 0 Å². The molecule has 1 amide bonds. The number of carbonyl (C=O) groups is 1. The van der Waals surface area contributed by atoms with Crippen LogP contribution in [0.4, 0.5) is 10.2 Å². The van der Waals surface area contributed by atoms with Gasteiger partial charge in [-0.25, -0.2) is 19.0 Å². The van der Waals surface area contributed by atoms with E-state index in [4.69, 9.17) is 9.47 Å². The van der Waals surface area contributed by atoms with Gasteiger partial charge in [-0.3, -0.25) is 4.79 Å². The maximum atomic E-state index is 12.9. The van der Waals surface area contributed by atoms with Crippen molar-refractivity contribution in [2.24, 2.45) is 0 Å². The maximum absolute atomic E-state index is 12.9. The van der Waals surface area contributed by atoms with Crippen LogP contribution in [0.25, 0.3) is 11.0 Å². The summed E-state index contributed by atoms with van der Waals surface area (Å²) >= 11 is 1.57. The number of fused-ring (bicyclic) bond motifs is 1. The summed E-state index contributed by atoms with van der Waals surface area (Å²) in [7, 11) is 1.65. The number of anilines is 1. The molecule has 0 unspecified atom stereocenters. The molecule has 2 aromatic heterocycles. The molecule has 1 aromatic carbocycles. The smallest absolute Gasteiger partial charge is 0.258 e. The Labute approximate surface area is 190 Å². The number of nitrogens with one attached hydrogen (secondary N) is 2. The first-order chi connectivity index (χ1) is 15.5. The van der Waals surface area contributed by atoms with Crippen molar-refractivity contribution >= 4 is 34.5 Å². The lowest BCUT2D eigenvalue weighted by molar-refractivity contribution is -0.123. The lowest BCUT2D eigenvalue weighted by atomic mass is 10.3. The van der Waals surface area contributed by atoms with Crippen molar-refractivity contribution in [1.82, 2.24) is 25.1 Å². The van der Waals surface area contributed by atoms with Crippen molar-refractivity contribution in [1.29, 1.82) is 0 Å². The van der Waals surface area contributed by atoms with Gasteiger partial charge in [0.15, 0.2) is 17.4 Å². The standard InChI is InChI=1S/C21H27FN6O3S/c1-14(2)32-21-26-19(24-9-11-30-3)17-12-25-28(20(17)27-21)10-8-23-18(29)13-31-16-6-4-15(22)5-7-16/h4-7,12,14H,8-11,13H2,1-3H3,(H,23,29)(H,24,26,27). The van der Waals surface area contributed by atoms with Gasteiger partial charge in [-0.2, -0.15) is 5.10 Å². The summed E-state index contributed by atoms with van der Waals surface area (Å²) in [5, 5.41) is 12.3. The van der Waals surface area contributed by atoms with Gasteiger partial charge in [-0.05, 0) is 24.3 Å². The van der Waals surface area contributed by atoms with E-state index >= 15 is 0 Å². The normalized spacial score (nSPS) is 11.2. The van der Waals surface area contributed by atoms with Crippen LogP contribution in [0, 0.1) is 5.82 Å². The molecule has 0 spiro atoms. The Morgan fingerprint density at radius 3 is 2.72 bits per heavy atom. The van der Waals surface area contributed by atoms with Crippen LogP contribution < -0.4 is 15.4 Å². The molecule has 0 saturated carbocycles. The van der Waals surface area contributed by atoms with E-state index < -0.39 is 0 Å². The third-order valence-electron chi connectivity index (χ3n) is 4.24. The monoisotopic (exact) mass is 462 g/mol. The molecular formula is C21H27FN6O3S. The number of methoxy groups -OCH3 is 1. The van der Waals surface area contributed by atoms with Crippen LogP contribution in [-0.2, 0) is 16.1 Å². The lowest BCUT2D eigenvalue weighted by Gasteiger charge is -2.11. The first-order valence-corrected chi connectivity index (χ1v) is 11.1. The number of hydrogen-bond donors (Lipinski definition) is 2. The Kier molecular flexibility index (Phi) is 8.63. The fourth-order valence-electron chi connectivity index (χ4n) is 2.80. The average Bonchev–Trinajstić information content (AvgIpc) is 3.16. The molecule has 0 aliphatic heterocycles. The van der Waals surface area contributed by atoms with E-state index in [0.29, 0.717) is 53.9 Å². The molecular weight excluding hydrogens is 435 g/mol. The van der Waals surface area contributed by atoms with E-state index in [2.05, 4.69) is 39.5 Å². The largest absolute Gasteiger partial charge is 0.484 e. The second-order valence-electron chi connectivity index (χ2n) is 7.14. The van der Waals surface area contributed by atoms with E-state index in [-0.39, 0.29) is 18.3 Å². The number of amides is 1. The molecule has 3 aromatic rings. The Bertz CT molecular complexity index is 1030. The van der Waals surface area contributed by atoms with Crippen LogP contribution in [0.2, 0.25) is 0 Å². The van der Waals surface area contributed by atoms with Gasteiger partial charge < -0.3 is 20.1 Å². The minimum absolute atomic E-state index is 0.156. The third-order valence-corrected chi connectivity index (χ3v) is 5.11. The summed E-state index contributed by atoms with van der Waals surface area (Å²) in [5.41, 5.74) is 0.694. The van der Waals surface area contributed by atoms with Crippen molar-refractivity contribution in [3.05, 3.63) is 36.3 Å². The van der Waals surface area contributed by atoms with Gasteiger partial charge >= 0.3 is 0 Å². The second-order valence-corrected chi connectivity index (χ2v) is 8.68. The molecule has 0 aliphatic carbocycles. The third kappa shape index (κ3) is 6.79. The Morgan fingerprint density at radius 2 is 2.00 bits per heavy atom. The van der Waals surface area contributed by atoms with Crippen LogP contribution in [0.1, 0.15) is 13.8 Å². The predicted octanol–water partition coefficient (Wildman–Crippen LogP) is 2.72. The highest BCUT2D eigenvalue weighted by molar-refractivity contribution is 7.99. The fraction of sp³-hybridized carbons (Fsp3) is 0.429. The van der Waals surface area contributed by atoms with Crippen molar-refractivity contribution < 1.29 is 18.7 Å². The molecule has 0 saturated heterocycles. The zero-order valence-corrected chi connectivity index (χ0v) is 19.1. The first-order valence-electron chi connectivity index (χ1n) is 10.2. The number of aromatic nitrogens is 4. The quantitative estimate of drug-likeness (QED) is 0.241. The summed E-state index contributed by atoms with van der Waals surface area (Å²) in [6, 6.07) is 5.51. The van der Waals surface area contributed by atoms with E-state index in [1.807, 2.05) is 0 Å². The highest BCUT2D eigenvalue weighted by Gasteiger charge is 2.14. The average molecular weight is 463 g/mol. The van der Waals surface area contributed by atoms with Crippen molar-refractivity contribution in [3.63, 3.8) is 0 Å². The highest BCUT2D eigenvalue weighted by Crippen LogP contribution is 2.26. The molecule has 0 bridgehead atoms. The molecule has 0 fully saturated rings. The van der Waals surface area contributed by atoms with Crippen LogP contribution >= 0.6 is 11.8 Å². The van der Waals surface area contributed by atoms with Gasteiger partial charge in [-0.15, -0.1) is 0 Å². The van der Waals surface area contributed by atoms with Gasteiger partial charge in [0.25, 0.3) is 5.91 Å². The van der Waals surface area contributed by atoms with E-state index in [0.717, 1.165) is 5.39 Å². The summed E-state index contributed by atoms with van der Waals surface area (Å²) in [5.74, 6) is 0.501. The van der Waals surface area contributed by atoms with E-state index in [1.54, 1.807) is 29.8 Å². The van der Waals surface area contributed by atoms with Crippen LogP contribution in [0.5, 0.6) is 5.75 Å². The minimum atomic E-state index is -0.357. The number of thioether (sulfide) groups is 1. The molecule has 2 N–H and O–H groups in total. The van der Waals surface area contributed by atoms with Gasteiger partial charge in [0, 0.05) is 25.4 Å². The number of rotatable bonds is 12. The SMILES string of the molecule is COCCNc1nc(SC(C)C)nc2c1cnn2CCNC(=O)COc1ccc(F)cc1. The Balaban J connectivity index is 1.61. The van der Waals surface area contributed by atoms with Crippen molar-refractivity contribution in [2.75, 3.05) is 38.7 Å². The zero-order valence-electron chi connectivity index (χ0n) is 18.3. The zero-order chi connectivity index (χ0) is 22.9. The fourth-order valence-corrected chi connectivity index (χ4v) is 3.51. The number of nitrogens with zero attached hydrogens (tertiary/aromatic N) is 4. The van der Waals surface area contributed by atoms with E-state index in [9.17, 15) is 9.18 Å². The van der Waals surface area contributed by atoms with Gasteiger partial charge in [0.05, 0.1) is 24.7 Å². The molecule has 2 heterocycles. The summed E-state index contributed by atoms with van der Waals surface area (Å²) in [6.07, 6.45) is 1.72. The number of benzene rings is 1. The highest BCUT2D eigenvalue weighted by atomic mass is 32.2. The molecule has 11 heteroatoms. The molecule has 32 heavy (non-hydrogen) atoms. The topological polar surface area (TPSA) is 103 Å². The lowest BCUT2D eigenvalue weighted by Crippen LogP contribution is -2.31. The number of ether oxygens (including phenoxy) is 2. The van der Waals surface area contributed by atoms with Crippen molar-refractivity contribution in [3.8, 4) is 5.75 Å². The van der Waals surface area contributed by atoms with Gasteiger partial charge in [0.1, 0.15) is 17.4 Å². The Morgan fingerprint density at radius 1 is 1.22 bits per heavy atom. The number of carbonyl (C=O) groups excluding carboxylic acids is 1. The number of hydrogen-bond acceptors (Lipinski definition) is 8. The molecule has 172 valence electrons. The molecule has 0 radical (unpaired) electrons. The summed E-state index contributed by atoms with van der Waals surface area (Å²) in [4.78, 5) is 21.3.